The summed E-state index contributed by atoms with van der Waals surface area (Å²) >= 11 is 0. The second kappa shape index (κ2) is 5.27. The third-order valence-corrected chi connectivity index (χ3v) is 2.40. The molecule has 0 saturated carbocycles. The average molecular weight is 253 g/mol. The number of aromatic nitrogens is 1. The van der Waals surface area contributed by atoms with E-state index in [2.05, 4.69) is 4.98 Å². The van der Waals surface area contributed by atoms with Crippen molar-refractivity contribution in [1.29, 1.82) is 0 Å². The van der Waals surface area contributed by atoms with Gasteiger partial charge in [-0.3, -0.25) is 0 Å². The van der Waals surface area contributed by atoms with Crippen LogP contribution >= 0.6 is 0 Å². The Morgan fingerprint density at radius 1 is 0.842 bits per heavy atom. The van der Waals surface area contributed by atoms with Crippen LogP contribution in [0.2, 0.25) is 0 Å². The Kier molecular flexibility index (Phi) is 3.14. The summed E-state index contributed by atoms with van der Waals surface area (Å²) in [5, 5.41) is 0. The first-order chi connectivity index (χ1) is 9.42. The van der Waals surface area contributed by atoms with Crippen LogP contribution in [0, 0.1) is 0 Å². The number of pyridine rings is 1. The first kappa shape index (κ1) is 11.3. The van der Waals surface area contributed by atoms with Crippen LogP contribution in [0.5, 0.6) is 23.3 Å². The summed E-state index contributed by atoms with van der Waals surface area (Å²) < 4.78 is 16.4. The predicted octanol–water partition coefficient (Wildman–Crippen LogP) is 4.26. The van der Waals surface area contributed by atoms with Crippen LogP contribution in [-0.4, -0.2) is 4.98 Å². The van der Waals surface area contributed by atoms with Crippen LogP contribution in [0.1, 0.15) is 0 Å². The van der Waals surface area contributed by atoms with Gasteiger partial charge in [0.15, 0.2) is 0 Å². The second-order valence-corrected chi connectivity index (χ2v) is 3.76. The van der Waals surface area contributed by atoms with Crippen molar-refractivity contribution in [3.05, 3.63) is 67.1 Å². The van der Waals surface area contributed by atoms with Gasteiger partial charge in [0.1, 0.15) is 5.75 Å². The minimum absolute atomic E-state index is 0.280. The van der Waals surface area contributed by atoms with Crippen LogP contribution in [0.15, 0.2) is 71.5 Å². The quantitative estimate of drug-likeness (QED) is 0.696. The molecule has 0 aliphatic carbocycles. The predicted molar refractivity (Wildman–Crippen MR) is 69.5 cm³/mol. The van der Waals surface area contributed by atoms with E-state index < -0.39 is 0 Å². The summed E-state index contributed by atoms with van der Waals surface area (Å²) in [7, 11) is 0. The molecule has 0 amide bonds. The van der Waals surface area contributed by atoms with Gasteiger partial charge in [-0.05, 0) is 18.2 Å². The van der Waals surface area contributed by atoms with Gasteiger partial charge in [0, 0.05) is 18.3 Å². The van der Waals surface area contributed by atoms with Crippen molar-refractivity contribution in [3.8, 4) is 23.3 Å². The van der Waals surface area contributed by atoms with E-state index in [1.807, 2.05) is 42.5 Å². The first-order valence-electron chi connectivity index (χ1n) is 5.81. The van der Waals surface area contributed by atoms with Crippen molar-refractivity contribution < 1.29 is 13.9 Å². The van der Waals surface area contributed by atoms with Crippen molar-refractivity contribution >= 4 is 0 Å². The van der Waals surface area contributed by atoms with E-state index in [-0.39, 0.29) is 5.95 Å². The van der Waals surface area contributed by atoms with Gasteiger partial charge in [-0.25, -0.2) is 4.98 Å². The van der Waals surface area contributed by atoms with E-state index in [0.29, 0.717) is 11.6 Å². The Hall–Kier alpha value is -2.75. The maximum absolute atomic E-state index is 5.68. The number of benzene rings is 1. The van der Waals surface area contributed by atoms with Crippen LogP contribution in [0.25, 0.3) is 0 Å². The fraction of sp³-hybridized carbons (Fsp3) is 0. The summed E-state index contributed by atoms with van der Waals surface area (Å²) in [4.78, 5) is 4.06. The van der Waals surface area contributed by atoms with Crippen molar-refractivity contribution in [3.63, 3.8) is 0 Å². The molecule has 2 heterocycles. The van der Waals surface area contributed by atoms with Crippen molar-refractivity contribution in [2.45, 2.75) is 0 Å². The average Bonchev–Trinajstić information content (AvgIpc) is 2.88. The van der Waals surface area contributed by atoms with Gasteiger partial charge in [0.2, 0.25) is 11.6 Å². The molecule has 0 spiro atoms. The number of rotatable bonds is 4. The Morgan fingerprint density at radius 2 is 1.68 bits per heavy atom. The van der Waals surface area contributed by atoms with Crippen LogP contribution in [0.3, 0.4) is 0 Å². The van der Waals surface area contributed by atoms with E-state index in [9.17, 15) is 0 Å². The van der Waals surface area contributed by atoms with Crippen molar-refractivity contribution in [1.82, 2.24) is 4.98 Å². The number of nitrogens with zero attached hydrogens (tertiary/aromatic N) is 1. The van der Waals surface area contributed by atoms with Gasteiger partial charge < -0.3 is 13.9 Å². The number of hydrogen-bond donors (Lipinski definition) is 0. The molecule has 0 fully saturated rings. The molecule has 94 valence electrons. The highest BCUT2D eigenvalue weighted by Gasteiger charge is 2.11. The van der Waals surface area contributed by atoms with E-state index in [1.54, 1.807) is 18.3 Å². The number of hydrogen-bond acceptors (Lipinski definition) is 4. The van der Waals surface area contributed by atoms with Crippen LogP contribution in [0.4, 0.5) is 0 Å². The monoisotopic (exact) mass is 253 g/mol. The van der Waals surface area contributed by atoms with Gasteiger partial charge in [-0.15, -0.1) is 0 Å². The lowest BCUT2D eigenvalue weighted by atomic mass is 10.3. The van der Waals surface area contributed by atoms with Gasteiger partial charge in [-0.1, -0.05) is 24.3 Å². The van der Waals surface area contributed by atoms with Crippen LogP contribution in [-0.2, 0) is 0 Å². The molecule has 19 heavy (non-hydrogen) atoms. The highest BCUT2D eigenvalue weighted by atomic mass is 16.6. The summed E-state index contributed by atoms with van der Waals surface area (Å²) in [6, 6.07) is 16.5. The van der Waals surface area contributed by atoms with Crippen molar-refractivity contribution in [2.75, 3.05) is 0 Å². The van der Waals surface area contributed by atoms with E-state index in [1.165, 1.54) is 6.26 Å². The minimum atomic E-state index is 0.280. The molecule has 3 aromatic rings. The molecule has 0 atom stereocenters. The van der Waals surface area contributed by atoms with E-state index in [0.717, 1.165) is 5.75 Å². The van der Waals surface area contributed by atoms with Crippen LogP contribution < -0.4 is 9.47 Å². The Morgan fingerprint density at radius 3 is 2.47 bits per heavy atom. The van der Waals surface area contributed by atoms with E-state index in [4.69, 9.17) is 13.9 Å². The zero-order chi connectivity index (χ0) is 12.9. The Labute approximate surface area is 110 Å². The molecule has 4 heteroatoms. The summed E-state index contributed by atoms with van der Waals surface area (Å²) in [5.41, 5.74) is 0. The zero-order valence-electron chi connectivity index (χ0n) is 10.0. The fourth-order valence-corrected chi connectivity index (χ4v) is 1.55. The van der Waals surface area contributed by atoms with Gasteiger partial charge in [0.25, 0.3) is 0 Å². The lowest BCUT2D eigenvalue weighted by Crippen LogP contribution is -1.88. The van der Waals surface area contributed by atoms with Gasteiger partial charge in [-0.2, -0.15) is 0 Å². The SMILES string of the molecule is c1ccc(Oc2ccoc2Oc2ccccn2)cc1. The molecule has 0 N–H and O–H groups in total. The molecule has 4 nitrogen and oxygen atoms in total. The molecule has 1 aromatic carbocycles. The highest BCUT2D eigenvalue weighted by Crippen LogP contribution is 2.34. The fourth-order valence-electron chi connectivity index (χ4n) is 1.55. The van der Waals surface area contributed by atoms with Crippen molar-refractivity contribution in [2.24, 2.45) is 0 Å². The molecule has 0 radical (unpaired) electrons. The molecular formula is C15H11NO3. The third kappa shape index (κ3) is 2.74. The highest BCUT2D eigenvalue weighted by molar-refractivity contribution is 5.37. The van der Waals surface area contributed by atoms with E-state index >= 15 is 0 Å². The topological polar surface area (TPSA) is 44.5 Å². The largest absolute Gasteiger partial charge is 0.450 e. The molecule has 0 bridgehead atoms. The molecule has 0 aliphatic rings. The Bertz CT molecular complexity index is 579. The molecule has 0 aliphatic heterocycles. The second-order valence-electron chi connectivity index (χ2n) is 3.76. The summed E-state index contributed by atoms with van der Waals surface area (Å²) in [5.74, 6) is 1.96. The zero-order valence-corrected chi connectivity index (χ0v) is 10.0. The molecule has 0 saturated heterocycles. The number of para-hydroxylation sites is 1. The third-order valence-electron chi connectivity index (χ3n) is 2.40. The normalized spacial score (nSPS) is 10.1. The summed E-state index contributed by atoms with van der Waals surface area (Å²) in [6.07, 6.45) is 3.16. The molecule has 3 rings (SSSR count). The van der Waals surface area contributed by atoms with Gasteiger partial charge >= 0.3 is 5.95 Å². The smallest absolute Gasteiger partial charge is 0.336 e. The standard InChI is InChI=1S/C15H11NO3/c1-2-6-12(7-3-1)18-13-9-11-17-15(13)19-14-8-4-5-10-16-14/h1-11H. The van der Waals surface area contributed by atoms with Gasteiger partial charge in [0.05, 0.1) is 6.26 Å². The molecule has 2 aromatic heterocycles. The number of ether oxygens (including phenoxy) is 2. The maximum Gasteiger partial charge on any atom is 0.336 e. The number of furan rings is 1. The summed E-state index contributed by atoms with van der Waals surface area (Å²) in [6.45, 7) is 0. The molecule has 0 unspecified atom stereocenters. The Balaban J connectivity index is 1.79. The molecular weight excluding hydrogens is 242 g/mol. The first-order valence-corrected chi connectivity index (χ1v) is 5.81. The minimum Gasteiger partial charge on any atom is -0.450 e. The lowest BCUT2D eigenvalue weighted by molar-refractivity contribution is 0.316. The maximum atomic E-state index is 5.68. The lowest BCUT2D eigenvalue weighted by Gasteiger charge is -2.05.